The molecular weight excluding hydrogens is 158 g/mol. The van der Waals surface area contributed by atoms with Crippen LogP contribution in [0.15, 0.2) is 0 Å². The van der Waals surface area contributed by atoms with Crippen LogP contribution < -0.4 is 5.32 Å². The third kappa shape index (κ3) is 2.70. The molecule has 1 fully saturated rings. The standard InChI is InChI=1S/C12H25N/c1-9-8-10(13-5)6-7-11(9)12(2,3)4/h9-11,13H,6-8H2,1-5H3. The van der Waals surface area contributed by atoms with Crippen molar-refractivity contribution in [3.8, 4) is 0 Å². The van der Waals surface area contributed by atoms with Crippen molar-refractivity contribution in [1.82, 2.24) is 5.32 Å². The second-order valence-electron chi connectivity index (χ2n) is 5.75. The second-order valence-corrected chi connectivity index (χ2v) is 5.75. The Balaban J connectivity index is 2.53. The maximum Gasteiger partial charge on any atom is 0.00668 e. The first-order valence-corrected chi connectivity index (χ1v) is 5.62. The van der Waals surface area contributed by atoms with Crippen LogP contribution in [0.2, 0.25) is 0 Å². The summed E-state index contributed by atoms with van der Waals surface area (Å²) < 4.78 is 0. The number of rotatable bonds is 1. The molecule has 3 unspecified atom stereocenters. The van der Waals surface area contributed by atoms with Crippen molar-refractivity contribution in [2.45, 2.75) is 53.0 Å². The zero-order chi connectivity index (χ0) is 10.1. The highest BCUT2D eigenvalue weighted by Gasteiger charge is 2.34. The molecule has 1 saturated carbocycles. The molecule has 0 spiro atoms. The van der Waals surface area contributed by atoms with Crippen LogP contribution in [-0.4, -0.2) is 13.1 Å². The van der Waals surface area contributed by atoms with Crippen LogP contribution in [0.1, 0.15) is 47.0 Å². The maximum atomic E-state index is 3.41. The van der Waals surface area contributed by atoms with Gasteiger partial charge in [-0.2, -0.15) is 0 Å². The lowest BCUT2D eigenvalue weighted by molar-refractivity contribution is 0.103. The first-order valence-electron chi connectivity index (χ1n) is 5.62. The smallest absolute Gasteiger partial charge is 0.00668 e. The molecule has 1 heteroatoms. The summed E-state index contributed by atoms with van der Waals surface area (Å²) in [6.07, 6.45) is 4.12. The lowest BCUT2D eigenvalue weighted by atomic mass is 9.66. The Morgan fingerprint density at radius 3 is 2.15 bits per heavy atom. The molecule has 1 N–H and O–H groups in total. The van der Waals surface area contributed by atoms with E-state index in [1.165, 1.54) is 19.3 Å². The quantitative estimate of drug-likeness (QED) is 0.659. The number of hydrogen-bond donors (Lipinski definition) is 1. The van der Waals surface area contributed by atoms with E-state index in [1.54, 1.807) is 0 Å². The van der Waals surface area contributed by atoms with Crippen LogP contribution in [0.5, 0.6) is 0 Å². The van der Waals surface area contributed by atoms with Gasteiger partial charge in [0.1, 0.15) is 0 Å². The summed E-state index contributed by atoms with van der Waals surface area (Å²) in [6.45, 7) is 9.56. The first kappa shape index (κ1) is 11.0. The van der Waals surface area contributed by atoms with Gasteiger partial charge in [-0.15, -0.1) is 0 Å². The Hall–Kier alpha value is -0.0400. The molecule has 0 amide bonds. The van der Waals surface area contributed by atoms with Crippen LogP contribution in [0.3, 0.4) is 0 Å². The monoisotopic (exact) mass is 183 g/mol. The normalized spacial score (nSPS) is 36.2. The predicted octanol–water partition coefficient (Wildman–Crippen LogP) is 3.06. The zero-order valence-electron chi connectivity index (χ0n) is 9.85. The molecule has 0 aromatic carbocycles. The SMILES string of the molecule is CNC1CCC(C(C)(C)C)C(C)C1. The van der Waals surface area contributed by atoms with E-state index in [4.69, 9.17) is 0 Å². The van der Waals surface area contributed by atoms with E-state index in [0.717, 1.165) is 17.9 Å². The highest BCUT2D eigenvalue weighted by atomic mass is 14.9. The van der Waals surface area contributed by atoms with Gasteiger partial charge < -0.3 is 5.32 Å². The van der Waals surface area contributed by atoms with Crippen molar-refractivity contribution in [1.29, 1.82) is 0 Å². The molecule has 0 bridgehead atoms. The van der Waals surface area contributed by atoms with Gasteiger partial charge in [0.2, 0.25) is 0 Å². The van der Waals surface area contributed by atoms with E-state index in [1.807, 2.05) is 0 Å². The topological polar surface area (TPSA) is 12.0 Å². The van der Waals surface area contributed by atoms with E-state index in [9.17, 15) is 0 Å². The molecule has 0 radical (unpaired) electrons. The highest BCUT2D eigenvalue weighted by molar-refractivity contribution is 4.86. The van der Waals surface area contributed by atoms with Gasteiger partial charge in [0.25, 0.3) is 0 Å². The second kappa shape index (κ2) is 4.00. The lowest BCUT2D eigenvalue weighted by Crippen LogP contribution is -2.39. The zero-order valence-corrected chi connectivity index (χ0v) is 9.85. The van der Waals surface area contributed by atoms with Crippen molar-refractivity contribution < 1.29 is 0 Å². The van der Waals surface area contributed by atoms with E-state index < -0.39 is 0 Å². The average Bonchev–Trinajstić information content (AvgIpc) is 2.01. The average molecular weight is 183 g/mol. The Morgan fingerprint density at radius 2 is 1.77 bits per heavy atom. The van der Waals surface area contributed by atoms with Crippen LogP contribution in [0, 0.1) is 17.3 Å². The Bertz CT molecular complexity index is 157. The summed E-state index contributed by atoms with van der Waals surface area (Å²) in [5, 5.41) is 3.41. The summed E-state index contributed by atoms with van der Waals surface area (Å²) in [6, 6.07) is 0.772. The molecule has 78 valence electrons. The highest BCUT2D eigenvalue weighted by Crippen LogP contribution is 2.41. The van der Waals surface area contributed by atoms with Crippen LogP contribution in [-0.2, 0) is 0 Å². The maximum absolute atomic E-state index is 3.41. The molecule has 1 aliphatic carbocycles. The summed E-state index contributed by atoms with van der Waals surface area (Å²) in [5.74, 6) is 1.79. The molecule has 1 aliphatic rings. The Kier molecular flexibility index (Phi) is 3.39. The molecule has 0 aliphatic heterocycles. The summed E-state index contributed by atoms with van der Waals surface area (Å²) in [4.78, 5) is 0. The summed E-state index contributed by atoms with van der Waals surface area (Å²) >= 11 is 0. The summed E-state index contributed by atoms with van der Waals surface area (Å²) in [7, 11) is 2.09. The number of nitrogens with one attached hydrogen (secondary N) is 1. The van der Waals surface area contributed by atoms with Gasteiger partial charge in [0, 0.05) is 6.04 Å². The molecule has 0 saturated heterocycles. The van der Waals surface area contributed by atoms with E-state index >= 15 is 0 Å². The summed E-state index contributed by atoms with van der Waals surface area (Å²) in [5.41, 5.74) is 0.498. The molecule has 3 atom stereocenters. The van der Waals surface area contributed by atoms with Gasteiger partial charge in [-0.25, -0.2) is 0 Å². The molecular formula is C12H25N. The molecule has 0 aromatic rings. The van der Waals surface area contributed by atoms with Crippen molar-refractivity contribution in [2.75, 3.05) is 7.05 Å². The fourth-order valence-corrected chi connectivity index (χ4v) is 2.94. The van der Waals surface area contributed by atoms with Crippen LogP contribution in [0.25, 0.3) is 0 Å². The number of hydrogen-bond acceptors (Lipinski definition) is 1. The van der Waals surface area contributed by atoms with Gasteiger partial charge in [0.05, 0.1) is 0 Å². The molecule has 13 heavy (non-hydrogen) atoms. The van der Waals surface area contributed by atoms with Crippen molar-refractivity contribution in [3.05, 3.63) is 0 Å². The minimum atomic E-state index is 0.498. The fraction of sp³-hybridized carbons (Fsp3) is 1.00. The Labute approximate surface area is 83.3 Å². The van der Waals surface area contributed by atoms with E-state index in [-0.39, 0.29) is 0 Å². The van der Waals surface area contributed by atoms with Crippen molar-refractivity contribution >= 4 is 0 Å². The third-order valence-electron chi connectivity index (χ3n) is 3.69. The molecule has 1 rings (SSSR count). The minimum absolute atomic E-state index is 0.498. The van der Waals surface area contributed by atoms with Crippen molar-refractivity contribution in [3.63, 3.8) is 0 Å². The van der Waals surface area contributed by atoms with E-state index in [2.05, 4.69) is 40.1 Å². The van der Waals surface area contributed by atoms with Gasteiger partial charge in [-0.1, -0.05) is 27.7 Å². The molecule has 0 aromatic heterocycles. The van der Waals surface area contributed by atoms with E-state index in [0.29, 0.717) is 5.41 Å². The van der Waals surface area contributed by atoms with Crippen molar-refractivity contribution in [2.24, 2.45) is 17.3 Å². The van der Waals surface area contributed by atoms with Gasteiger partial charge in [-0.3, -0.25) is 0 Å². The van der Waals surface area contributed by atoms with Crippen LogP contribution >= 0.6 is 0 Å². The first-order chi connectivity index (χ1) is 5.95. The Morgan fingerprint density at radius 1 is 1.15 bits per heavy atom. The molecule has 0 heterocycles. The van der Waals surface area contributed by atoms with Crippen LogP contribution in [0.4, 0.5) is 0 Å². The minimum Gasteiger partial charge on any atom is -0.317 e. The molecule has 1 nitrogen and oxygen atoms in total. The largest absolute Gasteiger partial charge is 0.317 e. The van der Waals surface area contributed by atoms with Gasteiger partial charge in [-0.05, 0) is 43.6 Å². The fourth-order valence-electron chi connectivity index (χ4n) is 2.94. The lowest BCUT2D eigenvalue weighted by Gasteiger charge is -2.41. The predicted molar refractivity (Wildman–Crippen MR) is 58.8 cm³/mol. The third-order valence-corrected chi connectivity index (χ3v) is 3.69. The van der Waals surface area contributed by atoms with Gasteiger partial charge >= 0.3 is 0 Å². The van der Waals surface area contributed by atoms with Gasteiger partial charge in [0.15, 0.2) is 0 Å².